The van der Waals surface area contributed by atoms with Crippen molar-refractivity contribution in [1.29, 1.82) is 0 Å². The van der Waals surface area contributed by atoms with Gasteiger partial charge in [-0.15, -0.1) is 0 Å². The minimum absolute atomic E-state index is 0.400. The van der Waals surface area contributed by atoms with E-state index in [2.05, 4.69) is 10.2 Å². The number of halogens is 3. The molecular formula is C12H15F3N2. The van der Waals surface area contributed by atoms with Crippen molar-refractivity contribution in [3.8, 4) is 0 Å². The van der Waals surface area contributed by atoms with Crippen LogP contribution >= 0.6 is 0 Å². The van der Waals surface area contributed by atoms with E-state index in [9.17, 15) is 13.2 Å². The highest BCUT2D eigenvalue weighted by molar-refractivity contribution is 5.49. The second-order valence-corrected chi connectivity index (χ2v) is 4.14. The van der Waals surface area contributed by atoms with E-state index in [1.54, 1.807) is 12.1 Å². The van der Waals surface area contributed by atoms with Crippen LogP contribution in [0.3, 0.4) is 0 Å². The quantitative estimate of drug-likeness (QED) is 0.878. The van der Waals surface area contributed by atoms with E-state index in [-0.39, 0.29) is 0 Å². The molecule has 1 fully saturated rings. The summed E-state index contributed by atoms with van der Waals surface area (Å²) in [4.78, 5) is 2.12. The molecule has 0 atom stereocenters. The van der Waals surface area contributed by atoms with Gasteiger partial charge in [-0.3, -0.25) is 0 Å². The van der Waals surface area contributed by atoms with E-state index < -0.39 is 11.7 Å². The first-order valence-corrected chi connectivity index (χ1v) is 5.67. The van der Waals surface area contributed by atoms with E-state index >= 15 is 0 Å². The highest BCUT2D eigenvalue weighted by atomic mass is 19.4. The fourth-order valence-electron chi connectivity index (χ4n) is 1.99. The van der Waals surface area contributed by atoms with Crippen LogP contribution in [0.15, 0.2) is 24.3 Å². The molecule has 1 heterocycles. The van der Waals surface area contributed by atoms with Crippen molar-refractivity contribution in [3.05, 3.63) is 29.8 Å². The molecule has 0 saturated carbocycles. The number of alkyl halides is 3. The molecule has 94 valence electrons. The molecule has 2 nitrogen and oxygen atoms in total. The van der Waals surface area contributed by atoms with Crippen molar-refractivity contribution in [2.24, 2.45) is 0 Å². The molecule has 0 aliphatic carbocycles. The Hall–Kier alpha value is -1.23. The van der Waals surface area contributed by atoms with Gasteiger partial charge in [0.15, 0.2) is 0 Å². The van der Waals surface area contributed by atoms with Gasteiger partial charge in [-0.05, 0) is 31.2 Å². The molecule has 2 rings (SSSR count). The Labute approximate surface area is 98.4 Å². The molecule has 1 aliphatic rings. The van der Waals surface area contributed by atoms with Crippen LogP contribution in [0.5, 0.6) is 0 Å². The number of likely N-dealkylation sites (N-methyl/N-ethyl adjacent to an activating group) is 1. The zero-order chi connectivity index (χ0) is 12.5. The SMILES string of the molecule is CCN(c1ccc(C(F)(F)F)cc1)C1CNC1. The number of hydrogen-bond donors (Lipinski definition) is 1. The second-order valence-electron chi connectivity index (χ2n) is 4.14. The summed E-state index contributed by atoms with van der Waals surface area (Å²) in [6, 6.07) is 5.78. The van der Waals surface area contributed by atoms with Crippen molar-refractivity contribution in [3.63, 3.8) is 0 Å². The third-order valence-electron chi connectivity index (χ3n) is 3.07. The number of hydrogen-bond acceptors (Lipinski definition) is 2. The normalized spacial score (nSPS) is 16.7. The molecule has 0 aromatic heterocycles. The number of nitrogens with zero attached hydrogens (tertiary/aromatic N) is 1. The lowest BCUT2D eigenvalue weighted by atomic mass is 10.1. The molecule has 5 heteroatoms. The van der Waals surface area contributed by atoms with Gasteiger partial charge >= 0.3 is 6.18 Å². The maximum absolute atomic E-state index is 12.4. The van der Waals surface area contributed by atoms with Crippen molar-refractivity contribution in [1.82, 2.24) is 5.32 Å². The smallest absolute Gasteiger partial charge is 0.366 e. The Morgan fingerprint density at radius 3 is 2.18 bits per heavy atom. The Bertz CT molecular complexity index is 368. The van der Waals surface area contributed by atoms with Gasteiger partial charge in [0.2, 0.25) is 0 Å². The fraction of sp³-hybridized carbons (Fsp3) is 0.500. The summed E-state index contributed by atoms with van der Waals surface area (Å²) in [5.74, 6) is 0. The number of rotatable bonds is 3. The number of benzene rings is 1. The van der Waals surface area contributed by atoms with E-state index in [1.165, 1.54) is 0 Å². The molecule has 17 heavy (non-hydrogen) atoms. The van der Waals surface area contributed by atoms with Crippen molar-refractivity contribution < 1.29 is 13.2 Å². The monoisotopic (exact) mass is 244 g/mol. The minimum Gasteiger partial charge on any atom is -0.366 e. The standard InChI is InChI=1S/C12H15F3N2/c1-2-17(11-7-16-8-11)10-5-3-9(4-6-10)12(13,14)15/h3-6,11,16H,2,7-8H2,1H3. The lowest BCUT2D eigenvalue weighted by Crippen LogP contribution is -2.57. The summed E-state index contributed by atoms with van der Waals surface area (Å²) in [5, 5.41) is 3.16. The van der Waals surface area contributed by atoms with Crippen LogP contribution in [0.1, 0.15) is 12.5 Å². The van der Waals surface area contributed by atoms with Gasteiger partial charge in [0.05, 0.1) is 11.6 Å². The molecule has 1 aromatic rings. The maximum atomic E-state index is 12.4. The van der Waals surface area contributed by atoms with Gasteiger partial charge in [0, 0.05) is 25.3 Å². The van der Waals surface area contributed by atoms with Crippen LogP contribution in [0.25, 0.3) is 0 Å². The molecule has 0 bridgehead atoms. The molecule has 1 aliphatic heterocycles. The minimum atomic E-state index is -4.26. The maximum Gasteiger partial charge on any atom is 0.416 e. The fourth-order valence-corrected chi connectivity index (χ4v) is 1.99. The van der Waals surface area contributed by atoms with Gasteiger partial charge in [0.25, 0.3) is 0 Å². The summed E-state index contributed by atoms with van der Waals surface area (Å²) in [5.41, 5.74) is 0.260. The van der Waals surface area contributed by atoms with Crippen molar-refractivity contribution >= 4 is 5.69 Å². The molecule has 1 saturated heterocycles. The van der Waals surface area contributed by atoms with E-state index in [4.69, 9.17) is 0 Å². The van der Waals surface area contributed by atoms with Crippen LogP contribution in [0.4, 0.5) is 18.9 Å². The summed E-state index contributed by atoms with van der Waals surface area (Å²) < 4.78 is 37.2. The average Bonchev–Trinajstić information content (AvgIpc) is 2.22. The van der Waals surface area contributed by atoms with E-state index in [1.807, 2.05) is 6.92 Å². The third-order valence-corrected chi connectivity index (χ3v) is 3.07. The van der Waals surface area contributed by atoms with Crippen molar-refractivity contribution in [2.45, 2.75) is 19.1 Å². The lowest BCUT2D eigenvalue weighted by Gasteiger charge is -2.39. The van der Waals surface area contributed by atoms with Crippen molar-refractivity contribution in [2.75, 3.05) is 24.5 Å². The Kier molecular flexibility index (Phi) is 3.28. The predicted octanol–water partition coefficient (Wildman–Crippen LogP) is 2.50. The molecule has 0 spiro atoms. The Morgan fingerprint density at radius 1 is 1.24 bits per heavy atom. The van der Waals surface area contributed by atoms with Gasteiger partial charge < -0.3 is 10.2 Å². The number of anilines is 1. The lowest BCUT2D eigenvalue weighted by molar-refractivity contribution is -0.137. The molecule has 0 radical (unpaired) electrons. The van der Waals surface area contributed by atoms with Gasteiger partial charge in [-0.25, -0.2) is 0 Å². The molecule has 1 aromatic carbocycles. The van der Waals surface area contributed by atoms with E-state index in [0.29, 0.717) is 6.04 Å². The first-order chi connectivity index (χ1) is 8.02. The molecular weight excluding hydrogens is 229 g/mol. The largest absolute Gasteiger partial charge is 0.416 e. The first kappa shape index (κ1) is 12.2. The van der Waals surface area contributed by atoms with Crippen LogP contribution in [0, 0.1) is 0 Å². The second kappa shape index (κ2) is 4.56. The molecule has 0 amide bonds. The zero-order valence-corrected chi connectivity index (χ0v) is 9.59. The molecule has 1 N–H and O–H groups in total. The third kappa shape index (κ3) is 2.54. The molecule has 0 unspecified atom stereocenters. The summed E-state index contributed by atoms with van der Waals surface area (Å²) >= 11 is 0. The average molecular weight is 244 g/mol. The highest BCUT2D eigenvalue weighted by Gasteiger charge is 2.30. The van der Waals surface area contributed by atoms with Crippen LogP contribution in [0.2, 0.25) is 0 Å². The van der Waals surface area contributed by atoms with Gasteiger partial charge in [0.1, 0.15) is 0 Å². The Morgan fingerprint density at radius 2 is 1.82 bits per heavy atom. The van der Waals surface area contributed by atoms with Gasteiger partial charge in [-0.2, -0.15) is 13.2 Å². The summed E-state index contributed by atoms with van der Waals surface area (Å²) in [6.45, 7) is 4.61. The highest BCUT2D eigenvalue weighted by Crippen LogP contribution is 2.31. The van der Waals surface area contributed by atoms with Crippen LogP contribution in [-0.2, 0) is 6.18 Å². The summed E-state index contributed by atoms with van der Waals surface area (Å²) in [7, 11) is 0. The first-order valence-electron chi connectivity index (χ1n) is 5.67. The number of nitrogens with one attached hydrogen (secondary N) is 1. The zero-order valence-electron chi connectivity index (χ0n) is 9.59. The van der Waals surface area contributed by atoms with Crippen LogP contribution in [-0.4, -0.2) is 25.7 Å². The van der Waals surface area contributed by atoms with Gasteiger partial charge in [-0.1, -0.05) is 0 Å². The van der Waals surface area contributed by atoms with Crippen LogP contribution < -0.4 is 10.2 Å². The topological polar surface area (TPSA) is 15.3 Å². The van der Waals surface area contributed by atoms with E-state index in [0.717, 1.165) is 37.5 Å². The predicted molar refractivity (Wildman–Crippen MR) is 61.1 cm³/mol. The summed E-state index contributed by atoms with van der Waals surface area (Å²) in [6.07, 6.45) is -4.26. The Balaban J connectivity index is 2.16.